The second kappa shape index (κ2) is 44.8. The highest BCUT2D eigenvalue weighted by Gasteiger charge is 2.47. The number of aliphatic hydroxyl groups is 7. The summed E-state index contributed by atoms with van der Waals surface area (Å²) < 4.78 is 33.6. The predicted molar refractivity (Wildman–Crippen MR) is 289 cm³/mol. The maximum Gasteiger partial charge on any atom is 0.306 e. The normalized spacial score (nSPS) is 25.3. The topological polar surface area (TPSA) is 231 Å². The molecule has 2 aliphatic rings. The maximum atomic E-state index is 13.0. The Morgan fingerprint density at radius 3 is 1.38 bits per heavy atom. The molecule has 0 aromatic carbocycles. The lowest BCUT2D eigenvalue weighted by Gasteiger charge is -2.42. The Labute approximate surface area is 444 Å². The molecule has 0 aromatic rings. The van der Waals surface area contributed by atoms with Gasteiger partial charge in [0.25, 0.3) is 0 Å². The van der Waals surface area contributed by atoms with E-state index in [4.69, 9.17) is 28.4 Å². The Bertz CT molecular complexity index is 1610. The summed E-state index contributed by atoms with van der Waals surface area (Å²) in [6.07, 6.45) is 39.0. The molecule has 2 rings (SSSR count). The number of hydrogen-bond donors (Lipinski definition) is 7. The molecule has 7 N–H and O–H groups in total. The van der Waals surface area contributed by atoms with Crippen molar-refractivity contribution < 1.29 is 73.8 Å². The average Bonchev–Trinajstić information content (AvgIpc) is 3.39. The van der Waals surface area contributed by atoms with Crippen LogP contribution in [-0.4, -0.2) is 142 Å². The molecular weight excluding hydrogens is 949 g/mol. The van der Waals surface area contributed by atoms with Crippen molar-refractivity contribution >= 4 is 11.9 Å². The van der Waals surface area contributed by atoms with E-state index in [0.717, 1.165) is 64.2 Å². The highest BCUT2D eigenvalue weighted by atomic mass is 16.7. The van der Waals surface area contributed by atoms with Gasteiger partial charge in [-0.1, -0.05) is 170 Å². The van der Waals surface area contributed by atoms with Crippen LogP contribution in [0.1, 0.15) is 181 Å². The summed E-state index contributed by atoms with van der Waals surface area (Å²) >= 11 is 0. The number of rotatable bonds is 43. The fraction of sp³-hybridized carbons (Fsp3) is 0.729. The Balaban J connectivity index is 1.79. The number of hydrogen-bond acceptors (Lipinski definition) is 15. The van der Waals surface area contributed by atoms with Gasteiger partial charge in [0, 0.05) is 12.8 Å². The van der Waals surface area contributed by atoms with Gasteiger partial charge in [-0.15, -0.1) is 0 Å². The summed E-state index contributed by atoms with van der Waals surface area (Å²) in [6, 6.07) is 0. The molecule has 2 aliphatic heterocycles. The molecule has 0 amide bonds. The summed E-state index contributed by atoms with van der Waals surface area (Å²) in [5.41, 5.74) is 0. The third kappa shape index (κ3) is 31.7. The molecule has 15 nitrogen and oxygen atoms in total. The molecule has 424 valence electrons. The van der Waals surface area contributed by atoms with Crippen LogP contribution in [0.2, 0.25) is 0 Å². The molecule has 0 radical (unpaired) electrons. The molecule has 0 bridgehead atoms. The standard InChI is InChI=1S/C59H98O15/c1-3-5-7-9-11-13-15-17-19-21-22-23-24-26-27-29-31-33-35-37-39-41-50(61)69-44-47(72-51(62)42-40-38-36-34-32-30-28-25-20-18-16-14-12-10-8-6-4-2)45-70-58-57(68)55(66)53(64)49(74-58)46-71-59-56(67)54(65)52(63)48(43-60)73-59/h6,8,12,14-15,17-18,20-22,28,30,34,36,47-49,52-60,63-68H,3-5,7,9-11,13,16,19,23-27,29,31-33,35,37-46H2,1-2H3/b8-6-,14-12-,17-15-,20-18-,22-21-,30-28-,36-34-. The molecule has 0 saturated carbocycles. The molecule has 0 aliphatic carbocycles. The maximum absolute atomic E-state index is 13.0. The quantitative estimate of drug-likeness (QED) is 0.0172. The highest BCUT2D eigenvalue weighted by Crippen LogP contribution is 2.26. The van der Waals surface area contributed by atoms with Crippen LogP contribution in [0.4, 0.5) is 0 Å². The van der Waals surface area contributed by atoms with E-state index in [1.165, 1.54) is 70.6 Å². The van der Waals surface area contributed by atoms with E-state index in [0.29, 0.717) is 19.3 Å². The average molecular weight is 1050 g/mol. The molecule has 0 aromatic heterocycles. The van der Waals surface area contributed by atoms with Gasteiger partial charge in [-0.3, -0.25) is 9.59 Å². The number of unbranched alkanes of at least 4 members (excludes halogenated alkanes) is 15. The zero-order chi connectivity index (χ0) is 53.9. The lowest BCUT2D eigenvalue weighted by Crippen LogP contribution is -2.61. The number of aliphatic hydroxyl groups excluding tert-OH is 7. The van der Waals surface area contributed by atoms with Crippen molar-refractivity contribution in [1.82, 2.24) is 0 Å². The number of carbonyl (C=O) groups is 2. The van der Waals surface area contributed by atoms with Crippen molar-refractivity contribution in [2.75, 3.05) is 26.4 Å². The SMILES string of the molecule is CC/C=C\C/C=C\C/C=C\C/C=C\C/C=C\CCCC(=O)OC(COC(=O)CCCCCCCCCCC/C=C\C/C=C\CCCCCCC)COC1OC(COC2OC(CO)C(O)C(O)C2O)C(O)C(O)C1O. The van der Waals surface area contributed by atoms with E-state index in [1.807, 2.05) is 12.2 Å². The molecule has 11 unspecified atom stereocenters. The molecule has 2 heterocycles. The number of allylic oxidation sites excluding steroid dienone is 14. The molecule has 0 spiro atoms. The van der Waals surface area contributed by atoms with Gasteiger partial charge in [0.15, 0.2) is 18.7 Å². The monoisotopic (exact) mass is 1050 g/mol. The van der Waals surface area contributed by atoms with Crippen LogP contribution >= 0.6 is 0 Å². The van der Waals surface area contributed by atoms with Gasteiger partial charge in [0.05, 0.1) is 19.8 Å². The van der Waals surface area contributed by atoms with Gasteiger partial charge >= 0.3 is 11.9 Å². The van der Waals surface area contributed by atoms with Crippen molar-refractivity contribution in [3.63, 3.8) is 0 Å². The van der Waals surface area contributed by atoms with Gasteiger partial charge in [-0.2, -0.15) is 0 Å². The van der Waals surface area contributed by atoms with Crippen molar-refractivity contribution in [3.05, 3.63) is 85.1 Å². The van der Waals surface area contributed by atoms with E-state index in [1.54, 1.807) is 0 Å². The number of ether oxygens (including phenoxy) is 6. The van der Waals surface area contributed by atoms with E-state index < -0.39 is 99.3 Å². The van der Waals surface area contributed by atoms with Crippen LogP contribution in [0.5, 0.6) is 0 Å². The zero-order valence-corrected chi connectivity index (χ0v) is 45.0. The molecular formula is C59H98O15. The first-order valence-electron chi connectivity index (χ1n) is 28.2. The third-order valence-electron chi connectivity index (χ3n) is 12.9. The largest absolute Gasteiger partial charge is 0.462 e. The third-order valence-corrected chi connectivity index (χ3v) is 12.9. The van der Waals surface area contributed by atoms with E-state index in [9.17, 15) is 45.3 Å². The number of carbonyl (C=O) groups excluding carboxylic acids is 2. The van der Waals surface area contributed by atoms with Crippen LogP contribution in [0.3, 0.4) is 0 Å². The minimum atomic E-state index is -1.78. The van der Waals surface area contributed by atoms with Crippen LogP contribution < -0.4 is 0 Å². The van der Waals surface area contributed by atoms with Crippen molar-refractivity contribution in [3.8, 4) is 0 Å². The van der Waals surface area contributed by atoms with Crippen LogP contribution in [0.25, 0.3) is 0 Å². The lowest BCUT2D eigenvalue weighted by atomic mass is 9.98. The Morgan fingerprint density at radius 2 is 0.865 bits per heavy atom. The van der Waals surface area contributed by atoms with Gasteiger partial charge in [0.1, 0.15) is 55.4 Å². The minimum Gasteiger partial charge on any atom is -0.462 e. The molecule has 2 saturated heterocycles. The van der Waals surface area contributed by atoms with Crippen LogP contribution in [-0.2, 0) is 38.0 Å². The molecule has 15 heteroatoms. The molecule has 11 atom stereocenters. The van der Waals surface area contributed by atoms with Gasteiger partial charge in [-0.05, 0) is 83.5 Å². The first-order valence-corrected chi connectivity index (χ1v) is 28.2. The summed E-state index contributed by atoms with van der Waals surface area (Å²) in [7, 11) is 0. The van der Waals surface area contributed by atoms with E-state index >= 15 is 0 Å². The lowest BCUT2D eigenvalue weighted by molar-refractivity contribution is -0.332. The first-order chi connectivity index (χ1) is 36.0. The summed E-state index contributed by atoms with van der Waals surface area (Å²) in [6.45, 7) is 2.40. The van der Waals surface area contributed by atoms with E-state index in [-0.39, 0.29) is 19.4 Å². The molecule has 2 fully saturated rings. The van der Waals surface area contributed by atoms with Crippen molar-refractivity contribution in [2.24, 2.45) is 0 Å². The van der Waals surface area contributed by atoms with Gasteiger partial charge in [0.2, 0.25) is 0 Å². The van der Waals surface area contributed by atoms with Crippen LogP contribution in [0.15, 0.2) is 85.1 Å². The summed E-state index contributed by atoms with van der Waals surface area (Å²) in [4.78, 5) is 25.8. The van der Waals surface area contributed by atoms with E-state index in [2.05, 4.69) is 86.8 Å². The van der Waals surface area contributed by atoms with Crippen LogP contribution in [0, 0.1) is 0 Å². The second-order valence-corrected chi connectivity index (χ2v) is 19.4. The number of esters is 2. The Morgan fingerprint density at radius 1 is 0.446 bits per heavy atom. The van der Waals surface area contributed by atoms with Crippen molar-refractivity contribution in [1.29, 1.82) is 0 Å². The summed E-state index contributed by atoms with van der Waals surface area (Å²) in [5.74, 6) is -1.00. The van der Waals surface area contributed by atoms with Gasteiger partial charge in [-0.25, -0.2) is 0 Å². The summed E-state index contributed by atoms with van der Waals surface area (Å²) in [5, 5.41) is 72.2. The Hall–Kier alpha value is -3.32. The smallest absolute Gasteiger partial charge is 0.306 e. The van der Waals surface area contributed by atoms with Crippen molar-refractivity contribution in [2.45, 2.75) is 248 Å². The fourth-order valence-corrected chi connectivity index (χ4v) is 8.28. The minimum absolute atomic E-state index is 0.0817. The zero-order valence-electron chi connectivity index (χ0n) is 45.0. The molecule has 74 heavy (non-hydrogen) atoms. The second-order valence-electron chi connectivity index (χ2n) is 19.4. The van der Waals surface area contributed by atoms with Gasteiger partial charge < -0.3 is 64.2 Å². The fourth-order valence-electron chi connectivity index (χ4n) is 8.28. The predicted octanol–water partition coefficient (Wildman–Crippen LogP) is 9.16. The Kier molecular flexibility index (Phi) is 40.4. The highest BCUT2D eigenvalue weighted by molar-refractivity contribution is 5.70. The first kappa shape index (κ1) is 66.8.